The van der Waals surface area contributed by atoms with E-state index in [0.717, 1.165) is 25.2 Å². The van der Waals surface area contributed by atoms with Crippen LogP contribution in [-0.4, -0.2) is 43.2 Å². The molecule has 1 N–H and O–H groups in total. The summed E-state index contributed by atoms with van der Waals surface area (Å²) in [5, 5.41) is 3.28. The van der Waals surface area contributed by atoms with Crippen molar-refractivity contribution in [2.75, 3.05) is 26.7 Å². The number of hydrogen-bond acceptors (Lipinski definition) is 3. The smallest absolute Gasteiger partial charge is 0.255 e. The Balaban J connectivity index is 0.00000208. The van der Waals surface area contributed by atoms with Crippen molar-refractivity contribution in [1.29, 1.82) is 0 Å². The van der Waals surface area contributed by atoms with E-state index >= 15 is 0 Å². The molecule has 1 saturated carbocycles. The van der Waals surface area contributed by atoms with Gasteiger partial charge in [-0.2, -0.15) is 0 Å². The highest BCUT2D eigenvalue weighted by atomic mass is 35.5. The zero-order valence-corrected chi connectivity index (χ0v) is 14.9. The first kappa shape index (κ1) is 19.2. The first-order valence-electron chi connectivity index (χ1n) is 8.43. The predicted octanol–water partition coefficient (Wildman–Crippen LogP) is 2.75. The monoisotopic (exact) mass is 356 g/mol. The normalized spacial score (nSPS) is 19.4. The average molecular weight is 357 g/mol. The average Bonchev–Trinajstić information content (AvgIpc) is 3.40. The summed E-state index contributed by atoms with van der Waals surface area (Å²) in [6.07, 6.45) is 3.78. The third kappa shape index (κ3) is 4.47. The van der Waals surface area contributed by atoms with E-state index in [-0.39, 0.29) is 24.1 Å². The second kappa shape index (κ2) is 8.28. The summed E-state index contributed by atoms with van der Waals surface area (Å²) < 4.78 is 18.8. The van der Waals surface area contributed by atoms with Gasteiger partial charge in [-0.15, -0.1) is 12.4 Å². The third-order valence-electron chi connectivity index (χ3n) is 4.94. The quantitative estimate of drug-likeness (QED) is 0.852. The van der Waals surface area contributed by atoms with Crippen LogP contribution in [-0.2, 0) is 16.1 Å². The molecule has 4 nitrogen and oxygen atoms in total. The van der Waals surface area contributed by atoms with Crippen LogP contribution in [0.1, 0.15) is 31.2 Å². The topological polar surface area (TPSA) is 41.6 Å². The highest BCUT2D eigenvalue weighted by Crippen LogP contribution is 2.33. The largest absolute Gasteiger partial charge is 0.368 e. The Kier molecular flexibility index (Phi) is 6.61. The summed E-state index contributed by atoms with van der Waals surface area (Å²) in [7, 11) is 1.64. The van der Waals surface area contributed by atoms with Gasteiger partial charge in [-0.05, 0) is 62.4 Å². The van der Waals surface area contributed by atoms with Crippen molar-refractivity contribution >= 4 is 18.3 Å². The summed E-state index contributed by atoms with van der Waals surface area (Å²) in [6, 6.07) is 6.41. The highest BCUT2D eigenvalue weighted by molar-refractivity contribution is 5.86. The molecule has 1 saturated heterocycles. The van der Waals surface area contributed by atoms with E-state index in [1.807, 2.05) is 4.90 Å². The van der Waals surface area contributed by atoms with E-state index in [2.05, 4.69) is 5.32 Å². The molecule has 0 aromatic heterocycles. The molecule has 3 rings (SSSR count). The zero-order chi connectivity index (χ0) is 16.3. The molecule has 6 heteroatoms. The Morgan fingerprint density at radius 1 is 1.29 bits per heavy atom. The molecule has 1 aliphatic carbocycles. The first-order valence-corrected chi connectivity index (χ1v) is 8.43. The van der Waals surface area contributed by atoms with Crippen molar-refractivity contribution in [2.45, 2.75) is 37.8 Å². The van der Waals surface area contributed by atoms with Gasteiger partial charge < -0.3 is 15.0 Å². The van der Waals surface area contributed by atoms with E-state index in [9.17, 15) is 9.18 Å². The Morgan fingerprint density at radius 2 is 1.92 bits per heavy atom. The van der Waals surface area contributed by atoms with Crippen molar-refractivity contribution in [3.63, 3.8) is 0 Å². The number of carbonyl (C=O) groups excluding carboxylic acids is 1. The predicted molar refractivity (Wildman–Crippen MR) is 93.6 cm³/mol. The van der Waals surface area contributed by atoms with E-state index in [1.165, 1.54) is 25.0 Å². The number of carbonyl (C=O) groups is 1. The first-order chi connectivity index (χ1) is 11.1. The van der Waals surface area contributed by atoms with E-state index in [0.29, 0.717) is 25.3 Å². The number of benzene rings is 1. The lowest BCUT2D eigenvalue weighted by atomic mass is 9.90. The molecule has 1 amide bonds. The number of halogens is 2. The van der Waals surface area contributed by atoms with Crippen LogP contribution >= 0.6 is 12.4 Å². The number of hydrogen-bond donors (Lipinski definition) is 1. The van der Waals surface area contributed by atoms with Gasteiger partial charge in [0, 0.05) is 20.2 Å². The molecule has 1 aromatic carbocycles. The number of nitrogens with zero attached hydrogens (tertiary/aromatic N) is 1. The Morgan fingerprint density at radius 3 is 2.46 bits per heavy atom. The van der Waals surface area contributed by atoms with Crippen molar-refractivity contribution in [3.05, 3.63) is 35.6 Å². The van der Waals surface area contributed by atoms with Gasteiger partial charge in [0.25, 0.3) is 5.91 Å². The van der Waals surface area contributed by atoms with E-state index < -0.39 is 5.60 Å². The fourth-order valence-electron chi connectivity index (χ4n) is 3.27. The molecular weight excluding hydrogens is 331 g/mol. The van der Waals surface area contributed by atoms with E-state index in [1.54, 1.807) is 19.2 Å². The molecule has 0 unspecified atom stereocenters. The Bertz CT molecular complexity index is 542. The standard InChI is InChI=1S/C18H25FN2O2.ClH/c1-23-18(8-10-20-11-9-18)17(22)21(12-14-2-3-14)13-15-4-6-16(19)7-5-15;/h4-7,14,20H,2-3,8-13H2,1H3;1H. The maximum atomic E-state index is 13.2. The SMILES string of the molecule is COC1(C(=O)N(Cc2ccc(F)cc2)CC2CC2)CCNCC1.Cl. The number of methoxy groups -OCH3 is 1. The van der Waals surface area contributed by atoms with Gasteiger partial charge in [-0.3, -0.25) is 4.79 Å². The molecule has 134 valence electrons. The van der Waals surface area contributed by atoms with Crippen molar-refractivity contribution in [1.82, 2.24) is 10.2 Å². The van der Waals surface area contributed by atoms with Gasteiger partial charge in [-0.25, -0.2) is 4.39 Å². The molecule has 0 spiro atoms. The highest BCUT2D eigenvalue weighted by Gasteiger charge is 2.43. The summed E-state index contributed by atoms with van der Waals surface area (Å²) >= 11 is 0. The minimum Gasteiger partial charge on any atom is -0.368 e. The molecule has 0 bridgehead atoms. The number of amides is 1. The zero-order valence-electron chi connectivity index (χ0n) is 14.1. The van der Waals surface area contributed by atoms with Crippen LogP contribution in [0.3, 0.4) is 0 Å². The fraction of sp³-hybridized carbons (Fsp3) is 0.611. The van der Waals surface area contributed by atoms with Crippen LogP contribution in [0.25, 0.3) is 0 Å². The molecule has 0 atom stereocenters. The lowest BCUT2D eigenvalue weighted by molar-refractivity contribution is -0.159. The van der Waals surface area contributed by atoms with Crippen molar-refractivity contribution in [3.8, 4) is 0 Å². The molecule has 24 heavy (non-hydrogen) atoms. The Hall–Kier alpha value is -1.17. The molecule has 1 heterocycles. The van der Waals surface area contributed by atoms with Crippen LogP contribution < -0.4 is 5.32 Å². The third-order valence-corrected chi connectivity index (χ3v) is 4.94. The summed E-state index contributed by atoms with van der Waals surface area (Å²) in [5.41, 5.74) is 0.251. The number of nitrogens with one attached hydrogen (secondary N) is 1. The summed E-state index contributed by atoms with van der Waals surface area (Å²) in [6.45, 7) is 2.89. The van der Waals surface area contributed by atoms with Gasteiger partial charge >= 0.3 is 0 Å². The lowest BCUT2D eigenvalue weighted by Crippen LogP contribution is -2.55. The van der Waals surface area contributed by atoms with Crippen molar-refractivity contribution in [2.24, 2.45) is 5.92 Å². The van der Waals surface area contributed by atoms with Crippen LogP contribution in [0.4, 0.5) is 4.39 Å². The van der Waals surface area contributed by atoms with Crippen LogP contribution in [0.5, 0.6) is 0 Å². The molecule has 0 radical (unpaired) electrons. The maximum absolute atomic E-state index is 13.2. The van der Waals surface area contributed by atoms with Gasteiger partial charge in [0.1, 0.15) is 11.4 Å². The molecular formula is C18H26ClFN2O2. The minimum absolute atomic E-state index is 0. The molecule has 2 aliphatic rings. The number of ether oxygens (including phenoxy) is 1. The lowest BCUT2D eigenvalue weighted by Gasteiger charge is -2.39. The van der Waals surface area contributed by atoms with Gasteiger partial charge in [0.2, 0.25) is 0 Å². The molecule has 2 fully saturated rings. The van der Waals surface area contributed by atoms with Gasteiger partial charge in [-0.1, -0.05) is 12.1 Å². The van der Waals surface area contributed by atoms with Gasteiger partial charge in [0.05, 0.1) is 0 Å². The second-order valence-corrected chi connectivity index (χ2v) is 6.70. The van der Waals surface area contributed by atoms with Crippen LogP contribution in [0.15, 0.2) is 24.3 Å². The van der Waals surface area contributed by atoms with Gasteiger partial charge in [0.15, 0.2) is 0 Å². The van der Waals surface area contributed by atoms with Crippen molar-refractivity contribution < 1.29 is 13.9 Å². The second-order valence-electron chi connectivity index (χ2n) is 6.70. The summed E-state index contributed by atoms with van der Waals surface area (Å²) in [5.74, 6) is 0.438. The summed E-state index contributed by atoms with van der Waals surface area (Å²) in [4.78, 5) is 15.1. The fourth-order valence-corrected chi connectivity index (χ4v) is 3.27. The minimum atomic E-state index is -0.708. The Labute approximate surface area is 149 Å². The molecule has 1 aliphatic heterocycles. The number of rotatable bonds is 6. The number of piperidine rings is 1. The van der Waals surface area contributed by atoms with Crippen LogP contribution in [0.2, 0.25) is 0 Å². The molecule has 1 aromatic rings. The van der Waals surface area contributed by atoms with Crippen LogP contribution in [0, 0.1) is 11.7 Å². The maximum Gasteiger partial charge on any atom is 0.255 e. The van der Waals surface area contributed by atoms with E-state index in [4.69, 9.17) is 4.74 Å².